The van der Waals surface area contributed by atoms with Gasteiger partial charge in [-0.05, 0) is 18.8 Å². The lowest BCUT2D eigenvalue weighted by Crippen LogP contribution is -2.35. The van der Waals surface area contributed by atoms with Crippen LogP contribution in [0.2, 0.25) is 0 Å². The van der Waals surface area contributed by atoms with E-state index in [9.17, 15) is 21.6 Å². The molecule has 0 saturated heterocycles. The van der Waals surface area contributed by atoms with Crippen molar-refractivity contribution in [3.8, 4) is 0 Å². The zero-order valence-corrected chi connectivity index (χ0v) is 12.4. The number of hydrogen-bond acceptors (Lipinski definition) is 3. The number of hydrogen-bond donors (Lipinski definition) is 1. The Kier molecular flexibility index (Phi) is 7.31. The van der Waals surface area contributed by atoms with Gasteiger partial charge in [0.25, 0.3) is 0 Å². The Morgan fingerprint density at radius 2 is 1.79 bits per heavy atom. The molecule has 0 rings (SSSR count). The van der Waals surface area contributed by atoms with E-state index < -0.39 is 34.8 Å². The summed E-state index contributed by atoms with van der Waals surface area (Å²) in [4.78, 5) is 0. The predicted octanol–water partition coefficient (Wildman–Crippen LogP) is 1.96. The van der Waals surface area contributed by atoms with Crippen LogP contribution in [-0.4, -0.2) is 44.3 Å². The largest absolute Gasteiger partial charge is 0.389 e. The Bertz CT molecular complexity index is 355. The molecule has 0 aliphatic carbocycles. The summed E-state index contributed by atoms with van der Waals surface area (Å²) >= 11 is 0. The third kappa shape index (κ3) is 8.43. The van der Waals surface area contributed by atoms with E-state index in [1.54, 1.807) is 0 Å². The van der Waals surface area contributed by atoms with Gasteiger partial charge in [-0.3, -0.25) is 0 Å². The molecule has 8 heteroatoms. The molecule has 0 spiro atoms. The van der Waals surface area contributed by atoms with Gasteiger partial charge in [0.15, 0.2) is 0 Å². The molecule has 0 aliphatic heterocycles. The lowest BCUT2D eigenvalue weighted by atomic mass is 10.0. The Morgan fingerprint density at radius 3 is 2.21 bits per heavy atom. The summed E-state index contributed by atoms with van der Waals surface area (Å²) in [5.41, 5.74) is 5.80. The van der Waals surface area contributed by atoms with Gasteiger partial charge >= 0.3 is 6.18 Å². The van der Waals surface area contributed by atoms with Gasteiger partial charge in [0.05, 0.1) is 5.75 Å². The van der Waals surface area contributed by atoms with Crippen molar-refractivity contribution < 1.29 is 21.6 Å². The van der Waals surface area contributed by atoms with Crippen molar-refractivity contribution in [2.45, 2.75) is 45.3 Å². The van der Waals surface area contributed by atoms with E-state index in [4.69, 9.17) is 5.73 Å². The van der Waals surface area contributed by atoms with Crippen molar-refractivity contribution in [1.29, 1.82) is 0 Å². The van der Waals surface area contributed by atoms with E-state index in [0.29, 0.717) is 6.42 Å². The van der Waals surface area contributed by atoms with E-state index in [-0.39, 0.29) is 18.5 Å². The zero-order chi connectivity index (χ0) is 15.3. The highest BCUT2D eigenvalue weighted by atomic mass is 32.2. The van der Waals surface area contributed by atoms with Crippen molar-refractivity contribution in [2.75, 3.05) is 19.3 Å². The number of nitrogens with two attached hydrogens (primary N) is 1. The van der Waals surface area contributed by atoms with Gasteiger partial charge in [-0.1, -0.05) is 13.8 Å². The minimum absolute atomic E-state index is 0.118. The smallest absolute Gasteiger partial charge is 0.327 e. The SMILES string of the molecule is CC(C)C(N)CCN(C)S(=O)(=O)CCCC(F)(F)F. The molecule has 0 radical (unpaired) electrons. The summed E-state index contributed by atoms with van der Waals surface area (Å²) in [5, 5.41) is 0. The number of sulfonamides is 1. The van der Waals surface area contributed by atoms with Crippen LogP contribution in [0.5, 0.6) is 0 Å². The molecule has 0 aromatic heterocycles. The van der Waals surface area contributed by atoms with E-state index in [0.717, 1.165) is 4.31 Å². The van der Waals surface area contributed by atoms with Crippen LogP contribution in [0.1, 0.15) is 33.1 Å². The molecule has 0 aliphatic rings. The highest BCUT2D eigenvalue weighted by Gasteiger charge is 2.28. The van der Waals surface area contributed by atoms with Crippen LogP contribution in [-0.2, 0) is 10.0 Å². The van der Waals surface area contributed by atoms with Crippen LogP contribution in [0.25, 0.3) is 0 Å². The Hall–Kier alpha value is -0.340. The van der Waals surface area contributed by atoms with Gasteiger partial charge in [0.2, 0.25) is 10.0 Å². The third-order valence-electron chi connectivity index (χ3n) is 2.97. The molecule has 0 saturated carbocycles. The molecule has 116 valence electrons. The predicted molar refractivity (Wildman–Crippen MR) is 69.1 cm³/mol. The molecule has 1 atom stereocenters. The van der Waals surface area contributed by atoms with Gasteiger partial charge in [-0.2, -0.15) is 13.2 Å². The molecule has 0 fully saturated rings. The third-order valence-corrected chi connectivity index (χ3v) is 4.91. The Morgan fingerprint density at radius 1 is 1.26 bits per heavy atom. The quantitative estimate of drug-likeness (QED) is 0.745. The molecule has 4 nitrogen and oxygen atoms in total. The van der Waals surface area contributed by atoms with Gasteiger partial charge < -0.3 is 5.73 Å². The fourth-order valence-electron chi connectivity index (χ4n) is 1.41. The summed E-state index contributed by atoms with van der Waals surface area (Å²) in [5.74, 6) is -0.249. The van der Waals surface area contributed by atoms with Crippen LogP contribution in [0, 0.1) is 5.92 Å². The fraction of sp³-hybridized carbons (Fsp3) is 1.00. The topological polar surface area (TPSA) is 63.4 Å². The van der Waals surface area contributed by atoms with E-state index >= 15 is 0 Å². The molecule has 1 unspecified atom stereocenters. The Balaban J connectivity index is 4.18. The maximum Gasteiger partial charge on any atom is 0.389 e. The first-order valence-corrected chi connectivity index (χ1v) is 7.83. The maximum atomic E-state index is 11.9. The molecule has 19 heavy (non-hydrogen) atoms. The number of nitrogens with zero attached hydrogens (tertiary/aromatic N) is 1. The van der Waals surface area contributed by atoms with Crippen LogP contribution < -0.4 is 5.73 Å². The van der Waals surface area contributed by atoms with Crippen molar-refractivity contribution >= 4 is 10.0 Å². The van der Waals surface area contributed by atoms with Crippen LogP contribution >= 0.6 is 0 Å². The van der Waals surface area contributed by atoms with E-state index in [1.807, 2.05) is 13.8 Å². The fourth-order valence-corrected chi connectivity index (χ4v) is 2.62. The van der Waals surface area contributed by atoms with Crippen LogP contribution in [0.15, 0.2) is 0 Å². The molecule has 2 N–H and O–H groups in total. The second kappa shape index (κ2) is 7.44. The molecule has 0 aromatic rings. The first-order valence-electron chi connectivity index (χ1n) is 6.22. The van der Waals surface area contributed by atoms with Crippen molar-refractivity contribution in [3.63, 3.8) is 0 Å². The highest BCUT2D eigenvalue weighted by molar-refractivity contribution is 7.89. The lowest BCUT2D eigenvalue weighted by Gasteiger charge is -2.21. The van der Waals surface area contributed by atoms with Crippen LogP contribution in [0.4, 0.5) is 13.2 Å². The summed E-state index contributed by atoms with van der Waals surface area (Å²) in [6.45, 7) is 4.10. The Labute approximate surface area is 113 Å². The van der Waals surface area contributed by atoms with Gasteiger partial charge in [0, 0.05) is 26.1 Å². The summed E-state index contributed by atoms with van der Waals surface area (Å²) < 4.78 is 60.4. The van der Waals surface area contributed by atoms with Gasteiger partial charge in [-0.15, -0.1) is 0 Å². The number of alkyl halides is 3. The summed E-state index contributed by atoms with van der Waals surface area (Å²) in [7, 11) is -2.26. The second-order valence-electron chi connectivity index (χ2n) is 5.05. The van der Waals surface area contributed by atoms with Crippen molar-refractivity contribution in [3.05, 3.63) is 0 Å². The molecule has 0 bridgehead atoms. The standard InChI is InChI=1S/C11H23F3N2O2S/c1-9(2)10(15)5-7-16(3)19(17,18)8-4-6-11(12,13)14/h9-10H,4-8,15H2,1-3H3. The number of rotatable bonds is 8. The summed E-state index contributed by atoms with van der Waals surface area (Å²) in [6.07, 6.45) is -5.31. The van der Waals surface area contributed by atoms with Gasteiger partial charge in [0.1, 0.15) is 0 Å². The average Bonchev–Trinajstić information content (AvgIpc) is 2.22. The van der Waals surface area contributed by atoms with E-state index in [2.05, 4.69) is 0 Å². The molecule has 0 heterocycles. The zero-order valence-electron chi connectivity index (χ0n) is 11.6. The van der Waals surface area contributed by atoms with E-state index in [1.165, 1.54) is 7.05 Å². The molecule has 0 aromatic carbocycles. The maximum absolute atomic E-state index is 11.9. The summed E-state index contributed by atoms with van der Waals surface area (Å²) in [6, 6.07) is -0.118. The lowest BCUT2D eigenvalue weighted by molar-refractivity contribution is -0.134. The first-order chi connectivity index (χ1) is 8.46. The molecular formula is C11H23F3N2O2S. The van der Waals surface area contributed by atoms with Gasteiger partial charge in [-0.25, -0.2) is 12.7 Å². The highest BCUT2D eigenvalue weighted by Crippen LogP contribution is 2.22. The second-order valence-corrected chi connectivity index (χ2v) is 7.25. The minimum atomic E-state index is -4.31. The van der Waals surface area contributed by atoms with Crippen molar-refractivity contribution in [1.82, 2.24) is 4.31 Å². The normalized spacial score (nSPS) is 15.2. The first kappa shape index (κ1) is 18.7. The number of halogens is 3. The van der Waals surface area contributed by atoms with Crippen LogP contribution in [0.3, 0.4) is 0 Å². The average molecular weight is 304 g/mol. The molecule has 0 amide bonds. The molecular weight excluding hydrogens is 281 g/mol. The van der Waals surface area contributed by atoms with Crippen molar-refractivity contribution in [2.24, 2.45) is 11.7 Å². The monoisotopic (exact) mass is 304 g/mol. The minimum Gasteiger partial charge on any atom is -0.327 e.